The van der Waals surface area contributed by atoms with Crippen LogP contribution >= 0.6 is 0 Å². The second-order valence-corrected chi connectivity index (χ2v) is 7.13. The van der Waals surface area contributed by atoms with E-state index < -0.39 is 22.8 Å². The average molecular weight is 446 g/mol. The van der Waals surface area contributed by atoms with Crippen molar-refractivity contribution in [3.63, 3.8) is 0 Å². The number of ketones is 2. The number of hydrogen-bond acceptors (Lipinski definition) is 8. The number of carbonyl (C=O) groups is 2. The number of aryl methyl sites for hydroxylation is 1. The number of carbonyl (C=O) groups excluding carboxylic acids is 2. The van der Waals surface area contributed by atoms with E-state index in [1.807, 2.05) is 6.92 Å². The number of Topliss-reactive ketones (excluding diaryl/α,β-unsaturated/α-hetero) is 2. The zero-order valence-corrected chi connectivity index (χ0v) is 18.9. The lowest BCUT2D eigenvalue weighted by molar-refractivity contribution is 0.0972. The van der Waals surface area contributed by atoms with E-state index >= 15 is 0 Å². The number of allylic oxidation sites excluding steroid dienone is 1. The predicted octanol–water partition coefficient (Wildman–Crippen LogP) is 4.51. The molecule has 8 heteroatoms. The van der Waals surface area contributed by atoms with Gasteiger partial charge in [-0.05, 0) is 12.8 Å². The van der Waals surface area contributed by atoms with Gasteiger partial charge in [-0.25, -0.2) is 9.59 Å². The molecule has 0 spiro atoms. The normalized spacial score (nSPS) is 11.2. The van der Waals surface area contributed by atoms with Gasteiger partial charge in [0.2, 0.25) is 0 Å². The monoisotopic (exact) mass is 446 g/mol. The first kappa shape index (κ1) is 26.6. The molecule has 0 aliphatic rings. The van der Waals surface area contributed by atoms with E-state index in [0.717, 1.165) is 12.8 Å². The molecule has 0 aromatic carbocycles. The smallest absolute Gasteiger partial charge is 0.350 e. The molecule has 0 saturated carbocycles. The molecule has 2 heterocycles. The molecule has 0 fully saturated rings. The van der Waals surface area contributed by atoms with E-state index in [4.69, 9.17) is 8.83 Å². The van der Waals surface area contributed by atoms with E-state index in [1.54, 1.807) is 26.8 Å². The Morgan fingerprint density at radius 2 is 1.47 bits per heavy atom. The van der Waals surface area contributed by atoms with Gasteiger partial charge in [0, 0.05) is 37.3 Å². The molecule has 0 aliphatic heterocycles. The first-order valence-corrected chi connectivity index (χ1v) is 10.5. The maximum absolute atomic E-state index is 11.7. The van der Waals surface area contributed by atoms with Crippen molar-refractivity contribution in [2.24, 2.45) is 0 Å². The predicted molar refractivity (Wildman–Crippen MR) is 120 cm³/mol. The van der Waals surface area contributed by atoms with Crippen LogP contribution in [0, 0.1) is 0 Å². The lowest BCUT2D eigenvalue weighted by atomic mass is 10.0. The molecule has 0 aliphatic carbocycles. The Labute approximate surface area is 186 Å². The summed E-state index contributed by atoms with van der Waals surface area (Å²) < 4.78 is 9.93. The minimum Gasteiger partial charge on any atom is -0.507 e. The number of rotatable bonds is 9. The van der Waals surface area contributed by atoms with Crippen molar-refractivity contribution in [3.8, 4) is 11.5 Å². The summed E-state index contributed by atoms with van der Waals surface area (Å²) in [6, 6.07) is 2.67. The lowest BCUT2D eigenvalue weighted by Crippen LogP contribution is -2.15. The highest BCUT2D eigenvalue weighted by atomic mass is 16.4. The topological polar surface area (TPSA) is 135 Å². The molecule has 0 amide bonds. The highest BCUT2D eigenvalue weighted by Crippen LogP contribution is 2.25. The molecule has 32 heavy (non-hydrogen) atoms. The van der Waals surface area contributed by atoms with Crippen LogP contribution in [0.25, 0.3) is 0 Å². The maximum Gasteiger partial charge on any atom is 0.350 e. The fraction of sp³-hybridized carbons (Fsp3) is 0.417. The first-order valence-electron chi connectivity index (χ1n) is 10.5. The number of aromatic hydroxyl groups is 2. The van der Waals surface area contributed by atoms with Gasteiger partial charge in [-0.1, -0.05) is 33.8 Å². The second-order valence-electron chi connectivity index (χ2n) is 7.13. The summed E-state index contributed by atoms with van der Waals surface area (Å²) >= 11 is 0. The minimum atomic E-state index is -0.762. The van der Waals surface area contributed by atoms with Crippen molar-refractivity contribution in [3.05, 3.63) is 68.3 Å². The number of hydrogen-bond donors (Lipinski definition) is 2. The van der Waals surface area contributed by atoms with Gasteiger partial charge in [0.05, 0.1) is 0 Å². The second kappa shape index (κ2) is 12.4. The summed E-state index contributed by atoms with van der Waals surface area (Å²) in [5, 5.41) is 19.2. The van der Waals surface area contributed by atoms with Crippen LogP contribution in [0.1, 0.15) is 91.5 Å². The molecular formula is C24H30O8. The van der Waals surface area contributed by atoms with Gasteiger partial charge in [0.25, 0.3) is 0 Å². The van der Waals surface area contributed by atoms with E-state index in [1.165, 1.54) is 12.1 Å². The van der Waals surface area contributed by atoms with Crippen LogP contribution in [-0.2, 0) is 6.42 Å². The Kier molecular flexibility index (Phi) is 10.3. The van der Waals surface area contributed by atoms with Gasteiger partial charge in [0.15, 0.2) is 11.6 Å². The minimum absolute atomic E-state index is 0.00706. The SMILES string of the molecule is C=CCCC(C)c1cc(O)c(C(=O)CC)c(=O)o1.CCC(=O)c1c(O)cc(CC)oc1=O. The Morgan fingerprint density at radius 3 is 1.88 bits per heavy atom. The molecule has 174 valence electrons. The fourth-order valence-corrected chi connectivity index (χ4v) is 2.82. The highest BCUT2D eigenvalue weighted by Gasteiger charge is 2.19. The molecule has 8 nitrogen and oxygen atoms in total. The summed E-state index contributed by atoms with van der Waals surface area (Å²) in [5.41, 5.74) is -2.02. The van der Waals surface area contributed by atoms with Crippen LogP contribution in [0.5, 0.6) is 11.5 Å². The molecule has 1 atom stereocenters. The van der Waals surface area contributed by atoms with E-state index in [2.05, 4.69) is 6.58 Å². The fourth-order valence-electron chi connectivity index (χ4n) is 2.82. The zero-order valence-electron chi connectivity index (χ0n) is 18.9. The van der Waals surface area contributed by atoms with Gasteiger partial charge >= 0.3 is 11.3 Å². The van der Waals surface area contributed by atoms with E-state index in [-0.39, 0.29) is 41.4 Å². The third-order valence-corrected chi connectivity index (χ3v) is 4.77. The lowest BCUT2D eigenvalue weighted by Gasteiger charge is -2.10. The third kappa shape index (κ3) is 6.80. The Balaban J connectivity index is 0.000000330. The molecule has 2 rings (SSSR count). The quantitative estimate of drug-likeness (QED) is 0.424. The molecule has 2 aromatic rings. The Hall–Kier alpha value is -3.42. The Morgan fingerprint density at radius 1 is 0.969 bits per heavy atom. The largest absolute Gasteiger partial charge is 0.507 e. The van der Waals surface area contributed by atoms with Crippen molar-refractivity contribution in [1.29, 1.82) is 0 Å². The molecular weight excluding hydrogens is 416 g/mol. The third-order valence-electron chi connectivity index (χ3n) is 4.77. The van der Waals surface area contributed by atoms with Crippen LogP contribution < -0.4 is 11.3 Å². The van der Waals surface area contributed by atoms with Gasteiger partial charge in [-0.15, -0.1) is 6.58 Å². The van der Waals surface area contributed by atoms with Crippen LogP contribution in [0.4, 0.5) is 0 Å². The average Bonchev–Trinajstić information content (AvgIpc) is 2.76. The van der Waals surface area contributed by atoms with Crippen molar-refractivity contribution in [2.75, 3.05) is 0 Å². The summed E-state index contributed by atoms with van der Waals surface area (Å²) in [6.07, 6.45) is 4.18. The maximum atomic E-state index is 11.7. The summed E-state index contributed by atoms with van der Waals surface area (Å²) in [6.45, 7) is 10.6. The van der Waals surface area contributed by atoms with Crippen LogP contribution in [-0.4, -0.2) is 21.8 Å². The van der Waals surface area contributed by atoms with E-state index in [0.29, 0.717) is 17.9 Å². The van der Waals surface area contributed by atoms with Gasteiger partial charge < -0.3 is 19.0 Å². The highest BCUT2D eigenvalue weighted by molar-refractivity contribution is 5.98. The summed E-state index contributed by atoms with van der Waals surface area (Å²) in [7, 11) is 0. The molecule has 1 unspecified atom stereocenters. The van der Waals surface area contributed by atoms with E-state index in [9.17, 15) is 29.4 Å². The van der Waals surface area contributed by atoms with Crippen LogP contribution in [0.15, 0.2) is 43.2 Å². The summed E-state index contributed by atoms with van der Waals surface area (Å²) in [4.78, 5) is 45.7. The van der Waals surface area contributed by atoms with Crippen LogP contribution in [0.3, 0.4) is 0 Å². The standard InChI is InChI=1S/C14H18O4.C10H12O4/c1-4-6-7-9(3)12-8-11(16)13(10(15)5-2)14(17)18-12;1-3-6-5-8(12)9(7(11)4-2)10(13)14-6/h4,8-9,16H,1,5-7H2,2-3H3;5,12H,3-4H2,1-2H3. The van der Waals surface area contributed by atoms with Gasteiger partial charge in [-0.2, -0.15) is 0 Å². The van der Waals surface area contributed by atoms with Crippen molar-refractivity contribution in [1.82, 2.24) is 0 Å². The molecule has 0 bridgehead atoms. The van der Waals surface area contributed by atoms with Gasteiger partial charge in [0.1, 0.15) is 34.1 Å². The van der Waals surface area contributed by atoms with Crippen molar-refractivity contribution >= 4 is 11.6 Å². The van der Waals surface area contributed by atoms with Crippen molar-refractivity contribution in [2.45, 2.75) is 65.7 Å². The molecule has 2 N–H and O–H groups in total. The summed E-state index contributed by atoms with van der Waals surface area (Å²) in [5.74, 6) is -0.631. The van der Waals surface area contributed by atoms with Gasteiger partial charge in [-0.3, -0.25) is 9.59 Å². The molecule has 2 aromatic heterocycles. The first-order chi connectivity index (χ1) is 15.1. The van der Waals surface area contributed by atoms with Crippen LogP contribution in [0.2, 0.25) is 0 Å². The zero-order chi connectivity index (χ0) is 24.4. The molecule has 0 radical (unpaired) electrons. The van der Waals surface area contributed by atoms with Crippen molar-refractivity contribution < 1.29 is 28.6 Å². The molecule has 0 saturated heterocycles. The Bertz CT molecular complexity index is 1070.